The van der Waals surface area contributed by atoms with Crippen LogP contribution in [0.1, 0.15) is 26.2 Å². The molecule has 0 spiro atoms. The van der Waals surface area contributed by atoms with Gasteiger partial charge < -0.3 is 14.2 Å². The van der Waals surface area contributed by atoms with Crippen LogP contribution in [-0.4, -0.2) is 62.9 Å². The van der Waals surface area contributed by atoms with Gasteiger partial charge >= 0.3 is 11.9 Å². The fraction of sp³-hybridized carbons (Fsp3) is 0.733. The molecule has 0 bridgehead atoms. The molecule has 1 aliphatic rings. The van der Waals surface area contributed by atoms with Gasteiger partial charge in [-0.2, -0.15) is 0 Å². The van der Waals surface area contributed by atoms with E-state index >= 15 is 0 Å². The van der Waals surface area contributed by atoms with E-state index in [-0.39, 0.29) is 0 Å². The van der Waals surface area contributed by atoms with Crippen molar-refractivity contribution in [3.8, 4) is 0 Å². The monoisotopic (exact) mass is 299 g/mol. The minimum absolute atomic E-state index is 0.353. The summed E-state index contributed by atoms with van der Waals surface area (Å²) in [5.41, 5.74) is 0. The van der Waals surface area contributed by atoms with Gasteiger partial charge in [-0.1, -0.05) is 13.3 Å². The zero-order valence-corrected chi connectivity index (χ0v) is 12.7. The molecule has 6 heteroatoms. The summed E-state index contributed by atoms with van der Waals surface area (Å²) in [6.45, 7) is 7.03. The van der Waals surface area contributed by atoms with E-state index < -0.39 is 11.9 Å². The normalized spacial score (nSPS) is 16.0. The summed E-state index contributed by atoms with van der Waals surface area (Å²) in [7, 11) is 0. The SMILES string of the molecule is CCCCOC(=O)C=CC(=O)OCCCN1CCOCC1. The standard InChI is InChI=1S/C15H25NO5/c1-2-3-10-20-14(17)5-6-15(18)21-11-4-7-16-8-12-19-13-9-16/h5-6H,2-4,7-13H2,1H3. The van der Waals surface area contributed by atoms with E-state index in [1.807, 2.05) is 6.92 Å². The van der Waals surface area contributed by atoms with Crippen molar-refractivity contribution in [2.75, 3.05) is 46.1 Å². The van der Waals surface area contributed by atoms with Crippen molar-refractivity contribution >= 4 is 11.9 Å². The van der Waals surface area contributed by atoms with Crippen LogP contribution in [-0.2, 0) is 23.8 Å². The van der Waals surface area contributed by atoms with Crippen LogP contribution in [0, 0.1) is 0 Å². The average Bonchev–Trinajstić information content (AvgIpc) is 2.51. The van der Waals surface area contributed by atoms with E-state index in [0.29, 0.717) is 13.2 Å². The molecule has 0 atom stereocenters. The molecule has 1 aliphatic heterocycles. The first kappa shape index (κ1) is 17.7. The zero-order chi connectivity index (χ0) is 15.3. The Labute approximate surface area is 126 Å². The van der Waals surface area contributed by atoms with Crippen LogP contribution >= 0.6 is 0 Å². The molecule has 0 radical (unpaired) electrons. The van der Waals surface area contributed by atoms with Gasteiger partial charge in [0.1, 0.15) is 0 Å². The molecule has 0 aromatic carbocycles. The Bertz CT molecular complexity index is 337. The van der Waals surface area contributed by atoms with E-state index in [0.717, 1.165) is 64.3 Å². The molecule has 0 aromatic heterocycles. The Kier molecular flexibility index (Phi) is 9.48. The summed E-state index contributed by atoms with van der Waals surface area (Å²) >= 11 is 0. The van der Waals surface area contributed by atoms with Gasteiger partial charge in [0.2, 0.25) is 0 Å². The predicted molar refractivity (Wildman–Crippen MR) is 77.8 cm³/mol. The minimum atomic E-state index is -0.510. The van der Waals surface area contributed by atoms with Gasteiger partial charge in [-0.3, -0.25) is 4.90 Å². The van der Waals surface area contributed by atoms with Crippen molar-refractivity contribution in [1.29, 1.82) is 0 Å². The number of unbranched alkanes of at least 4 members (excludes halogenated alkanes) is 1. The summed E-state index contributed by atoms with van der Waals surface area (Å²) < 4.78 is 15.2. The molecule has 0 aliphatic carbocycles. The summed E-state index contributed by atoms with van der Waals surface area (Å²) in [6, 6.07) is 0. The van der Waals surface area contributed by atoms with Crippen molar-refractivity contribution in [1.82, 2.24) is 4.90 Å². The first-order valence-corrected chi connectivity index (χ1v) is 7.54. The molecule has 0 aromatic rings. The number of morpholine rings is 1. The number of nitrogens with zero attached hydrogens (tertiary/aromatic N) is 1. The number of carbonyl (C=O) groups is 2. The van der Waals surface area contributed by atoms with Crippen LogP contribution in [0.25, 0.3) is 0 Å². The number of ether oxygens (including phenoxy) is 3. The molecule has 0 amide bonds. The van der Waals surface area contributed by atoms with Gasteiger partial charge in [0.25, 0.3) is 0 Å². The largest absolute Gasteiger partial charge is 0.463 e. The maximum Gasteiger partial charge on any atom is 0.331 e. The molecule has 21 heavy (non-hydrogen) atoms. The molecule has 6 nitrogen and oxygen atoms in total. The Hall–Kier alpha value is -1.40. The van der Waals surface area contributed by atoms with E-state index in [4.69, 9.17) is 14.2 Å². The number of hydrogen-bond donors (Lipinski definition) is 0. The average molecular weight is 299 g/mol. The summed E-state index contributed by atoms with van der Waals surface area (Å²) in [4.78, 5) is 24.9. The second kappa shape index (κ2) is 11.3. The highest BCUT2D eigenvalue weighted by Crippen LogP contribution is 1.98. The van der Waals surface area contributed by atoms with Crippen molar-refractivity contribution < 1.29 is 23.8 Å². The van der Waals surface area contributed by atoms with Crippen molar-refractivity contribution in [2.24, 2.45) is 0 Å². The van der Waals surface area contributed by atoms with Crippen molar-refractivity contribution in [3.63, 3.8) is 0 Å². The molecule has 1 saturated heterocycles. The highest BCUT2D eigenvalue weighted by Gasteiger charge is 2.09. The lowest BCUT2D eigenvalue weighted by Gasteiger charge is -2.26. The molecule has 1 fully saturated rings. The number of carbonyl (C=O) groups excluding carboxylic acids is 2. The van der Waals surface area contributed by atoms with Crippen LogP contribution in [0.3, 0.4) is 0 Å². The number of esters is 2. The van der Waals surface area contributed by atoms with Gasteiger partial charge in [-0.15, -0.1) is 0 Å². The molecule has 1 heterocycles. The predicted octanol–water partition coefficient (Wildman–Crippen LogP) is 1.15. The fourth-order valence-electron chi connectivity index (χ4n) is 1.84. The van der Waals surface area contributed by atoms with E-state index in [1.54, 1.807) is 0 Å². The maximum absolute atomic E-state index is 11.4. The smallest absolute Gasteiger partial charge is 0.331 e. The second-order valence-corrected chi connectivity index (χ2v) is 4.83. The molecule has 0 unspecified atom stereocenters. The number of rotatable bonds is 9. The van der Waals surface area contributed by atoms with Crippen LogP contribution in [0.2, 0.25) is 0 Å². The van der Waals surface area contributed by atoms with Crippen molar-refractivity contribution in [2.45, 2.75) is 26.2 Å². The van der Waals surface area contributed by atoms with Crippen LogP contribution < -0.4 is 0 Å². The minimum Gasteiger partial charge on any atom is -0.463 e. The molecular weight excluding hydrogens is 274 g/mol. The molecule has 0 N–H and O–H groups in total. The fourth-order valence-corrected chi connectivity index (χ4v) is 1.84. The van der Waals surface area contributed by atoms with Gasteiger partial charge in [0.15, 0.2) is 0 Å². The van der Waals surface area contributed by atoms with E-state index in [1.165, 1.54) is 0 Å². The first-order valence-electron chi connectivity index (χ1n) is 7.54. The third kappa shape index (κ3) is 9.20. The molecule has 120 valence electrons. The highest BCUT2D eigenvalue weighted by atomic mass is 16.5. The van der Waals surface area contributed by atoms with Gasteiger partial charge in [-0.25, -0.2) is 9.59 Å². The second-order valence-electron chi connectivity index (χ2n) is 4.83. The zero-order valence-electron chi connectivity index (χ0n) is 12.7. The lowest BCUT2D eigenvalue weighted by Crippen LogP contribution is -2.37. The lowest BCUT2D eigenvalue weighted by molar-refractivity contribution is -0.140. The Morgan fingerprint density at radius 2 is 1.62 bits per heavy atom. The lowest BCUT2D eigenvalue weighted by atomic mass is 10.3. The molecular formula is C15H25NO5. The Morgan fingerprint density at radius 1 is 1.05 bits per heavy atom. The first-order chi connectivity index (χ1) is 10.2. The molecule has 0 saturated carbocycles. The van der Waals surface area contributed by atoms with E-state index in [2.05, 4.69) is 4.90 Å². The van der Waals surface area contributed by atoms with Crippen LogP contribution in [0.5, 0.6) is 0 Å². The third-order valence-electron chi connectivity index (χ3n) is 3.06. The number of hydrogen-bond acceptors (Lipinski definition) is 6. The summed E-state index contributed by atoms with van der Waals surface area (Å²) in [5.74, 6) is -1.02. The summed E-state index contributed by atoms with van der Waals surface area (Å²) in [5, 5.41) is 0. The van der Waals surface area contributed by atoms with Gasteiger partial charge in [0.05, 0.1) is 26.4 Å². The van der Waals surface area contributed by atoms with Crippen LogP contribution in [0.4, 0.5) is 0 Å². The third-order valence-corrected chi connectivity index (χ3v) is 3.06. The molecule has 1 rings (SSSR count). The Balaban J connectivity index is 2.03. The van der Waals surface area contributed by atoms with Crippen molar-refractivity contribution in [3.05, 3.63) is 12.2 Å². The topological polar surface area (TPSA) is 65.1 Å². The van der Waals surface area contributed by atoms with E-state index in [9.17, 15) is 9.59 Å². The van der Waals surface area contributed by atoms with Gasteiger partial charge in [-0.05, 0) is 12.8 Å². The quantitative estimate of drug-likeness (QED) is 0.361. The highest BCUT2D eigenvalue weighted by molar-refractivity contribution is 5.91. The Morgan fingerprint density at radius 3 is 2.19 bits per heavy atom. The van der Waals surface area contributed by atoms with Gasteiger partial charge in [0, 0.05) is 31.8 Å². The summed E-state index contributed by atoms with van der Waals surface area (Å²) in [6.07, 6.45) is 4.79. The maximum atomic E-state index is 11.4. The van der Waals surface area contributed by atoms with Crippen LogP contribution in [0.15, 0.2) is 12.2 Å².